The highest BCUT2D eigenvalue weighted by molar-refractivity contribution is 9.09. The van der Waals surface area contributed by atoms with Crippen molar-refractivity contribution in [1.82, 2.24) is 4.90 Å². The summed E-state index contributed by atoms with van der Waals surface area (Å²) in [6.45, 7) is 13.2. The molecule has 0 radical (unpaired) electrons. The van der Waals surface area contributed by atoms with Crippen molar-refractivity contribution in [2.24, 2.45) is 5.41 Å². The molecule has 0 amide bonds. The van der Waals surface area contributed by atoms with Gasteiger partial charge < -0.3 is 4.90 Å². The number of halogens is 1. The molecular weight excluding hydrogens is 282 g/mol. The molecule has 96 valence electrons. The van der Waals surface area contributed by atoms with Crippen LogP contribution >= 0.6 is 27.7 Å². The van der Waals surface area contributed by atoms with Crippen molar-refractivity contribution in [3.63, 3.8) is 0 Å². The fraction of sp³-hybridized carbons (Fsp3) is 1.00. The van der Waals surface area contributed by atoms with E-state index in [0.29, 0.717) is 10.2 Å². The highest BCUT2D eigenvalue weighted by Crippen LogP contribution is 2.34. The Kier molecular flexibility index (Phi) is 5.66. The normalized spacial score (nSPS) is 22.3. The van der Waals surface area contributed by atoms with Crippen molar-refractivity contribution < 1.29 is 0 Å². The van der Waals surface area contributed by atoms with Crippen molar-refractivity contribution in [2.75, 3.05) is 30.7 Å². The van der Waals surface area contributed by atoms with Gasteiger partial charge in [0, 0.05) is 35.5 Å². The van der Waals surface area contributed by atoms with Crippen LogP contribution in [0.1, 0.15) is 40.5 Å². The molecular formula is C13H26BrNS. The molecule has 0 N–H and O–H groups in total. The van der Waals surface area contributed by atoms with Gasteiger partial charge >= 0.3 is 0 Å². The minimum Gasteiger partial charge on any atom is -0.301 e. The van der Waals surface area contributed by atoms with E-state index in [4.69, 9.17) is 0 Å². The zero-order chi connectivity index (χ0) is 12.2. The highest BCUT2D eigenvalue weighted by atomic mass is 79.9. The number of hydrogen-bond donors (Lipinski definition) is 0. The molecule has 0 aromatic carbocycles. The van der Waals surface area contributed by atoms with Crippen LogP contribution in [0.2, 0.25) is 0 Å². The topological polar surface area (TPSA) is 3.24 Å². The third kappa shape index (κ3) is 3.92. The van der Waals surface area contributed by atoms with Gasteiger partial charge in [-0.25, -0.2) is 0 Å². The van der Waals surface area contributed by atoms with Crippen LogP contribution in [0.25, 0.3) is 0 Å². The van der Waals surface area contributed by atoms with Crippen LogP contribution in [0.4, 0.5) is 0 Å². The first-order valence-corrected chi connectivity index (χ1v) is 8.50. The predicted octanol–water partition coefficient (Wildman–Crippen LogP) is 4.02. The van der Waals surface area contributed by atoms with Crippen molar-refractivity contribution >= 4 is 27.7 Å². The first-order valence-electron chi connectivity index (χ1n) is 6.39. The Hall–Kier alpha value is 0.790. The molecule has 1 aliphatic heterocycles. The van der Waals surface area contributed by atoms with E-state index >= 15 is 0 Å². The van der Waals surface area contributed by atoms with E-state index in [0.717, 1.165) is 5.33 Å². The van der Waals surface area contributed by atoms with Crippen LogP contribution in [-0.2, 0) is 0 Å². The Balaban J connectivity index is 2.58. The van der Waals surface area contributed by atoms with Crippen LogP contribution in [0, 0.1) is 5.41 Å². The van der Waals surface area contributed by atoms with E-state index in [1.165, 1.54) is 38.2 Å². The predicted molar refractivity (Wildman–Crippen MR) is 79.8 cm³/mol. The molecule has 0 spiro atoms. The second-order valence-corrected chi connectivity index (χ2v) is 8.02. The van der Waals surface area contributed by atoms with Gasteiger partial charge in [0.25, 0.3) is 0 Å². The van der Waals surface area contributed by atoms with Crippen LogP contribution in [0.15, 0.2) is 0 Å². The van der Waals surface area contributed by atoms with Gasteiger partial charge in [-0.1, -0.05) is 29.8 Å². The maximum absolute atomic E-state index is 3.72. The number of thioether (sulfide) groups is 1. The van der Waals surface area contributed by atoms with E-state index < -0.39 is 0 Å². The summed E-state index contributed by atoms with van der Waals surface area (Å²) in [5, 5.41) is 1.14. The van der Waals surface area contributed by atoms with Gasteiger partial charge in [0.05, 0.1) is 0 Å². The maximum atomic E-state index is 3.72. The monoisotopic (exact) mass is 307 g/mol. The highest BCUT2D eigenvalue weighted by Gasteiger charge is 2.32. The van der Waals surface area contributed by atoms with Gasteiger partial charge in [0.2, 0.25) is 0 Å². The fourth-order valence-corrected chi connectivity index (χ4v) is 4.57. The van der Waals surface area contributed by atoms with Gasteiger partial charge in [-0.05, 0) is 32.1 Å². The van der Waals surface area contributed by atoms with Crippen molar-refractivity contribution in [2.45, 2.75) is 45.3 Å². The standard InChI is InChI=1S/C13H26BrNS/c1-5-13(6-2,9-14)11-15-7-8-16-12(3,4)10-15/h5-11H2,1-4H3. The number of rotatable bonds is 5. The summed E-state index contributed by atoms with van der Waals surface area (Å²) in [6.07, 6.45) is 2.55. The molecule has 0 saturated carbocycles. The average molecular weight is 308 g/mol. The third-order valence-corrected chi connectivity index (χ3v) is 6.33. The van der Waals surface area contributed by atoms with Gasteiger partial charge in [-0.3, -0.25) is 0 Å². The second-order valence-electron chi connectivity index (χ2n) is 5.66. The molecule has 0 bridgehead atoms. The first-order chi connectivity index (χ1) is 7.47. The summed E-state index contributed by atoms with van der Waals surface area (Å²) in [4.78, 5) is 2.67. The molecule has 0 unspecified atom stereocenters. The quantitative estimate of drug-likeness (QED) is 0.706. The molecule has 1 aliphatic rings. The second kappa shape index (κ2) is 6.10. The number of nitrogens with zero attached hydrogens (tertiary/aromatic N) is 1. The van der Waals surface area contributed by atoms with Crippen LogP contribution in [0.3, 0.4) is 0 Å². The molecule has 1 fully saturated rings. The molecule has 0 atom stereocenters. The zero-order valence-corrected chi connectivity index (χ0v) is 13.6. The summed E-state index contributed by atoms with van der Waals surface area (Å²) < 4.78 is 0.442. The molecule has 1 nitrogen and oxygen atoms in total. The summed E-state index contributed by atoms with van der Waals surface area (Å²) >= 11 is 5.84. The van der Waals surface area contributed by atoms with E-state index in [1.54, 1.807) is 0 Å². The summed E-state index contributed by atoms with van der Waals surface area (Å²) in [5.74, 6) is 1.29. The van der Waals surface area contributed by atoms with Gasteiger partial charge in [-0.15, -0.1) is 0 Å². The smallest absolute Gasteiger partial charge is 0.0231 e. The average Bonchev–Trinajstić information content (AvgIpc) is 2.25. The van der Waals surface area contributed by atoms with E-state index in [9.17, 15) is 0 Å². The largest absolute Gasteiger partial charge is 0.301 e. The Bertz CT molecular complexity index is 206. The lowest BCUT2D eigenvalue weighted by Crippen LogP contribution is -2.48. The molecule has 0 aromatic heterocycles. The molecule has 1 saturated heterocycles. The molecule has 3 heteroatoms. The van der Waals surface area contributed by atoms with Crippen molar-refractivity contribution in [3.05, 3.63) is 0 Å². The summed E-state index contributed by atoms with van der Waals surface area (Å²) in [6, 6.07) is 0. The lowest BCUT2D eigenvalue weighted by molar-refractivity contribution is 0.153. The van der Waals surface area contributed by atoms with Gasteiger partial charge in [0.15, 0.2) is 0 Å². The Morgan fingerprint density at radius 1 is 1.31 bits per heavy atom. The third-order valence-electron chi connectivity index (χ3n) is 3.85. The summed E-state index contributed by atoms with van der Waals surface area (Å²) in [7, 11) is 0. The molecule has 1 heterocycles. The zero-order valence-electron chi connectivity index (χ0n) is 11.2. The summed E-state index contributed by atoms with van der Waals surface area (Å²) in [5.41, 5.74) is 0.484. The van der Waals surface area contributed by atoms with Crippen LogP contribution in [0.5, 0.6) is 0 Å². The van der Waals surface area contributed by atoms with Crippen LogP contribution in [-0.4, -0.2) is 40.4 Å². The van der Waals surface area contributed by atoms with Crippen LogP contribution < -0.4 is 0 Å². The fourth-order valence-electron chi connectivity index (χ4n) is 2.43. The van der Waals surface area contributed by atoms with E-state index in [2.05, 4.69) is 60.3 Å². The van der Waals surface area contributed by atoms with E-state index in [1.807, 2.05) is 0 Å². The Labute approximate surface area is 114 Å². The molecule has 1 rings (SSSR count). The van der Waals surface area contributed by atoms with Crippen molar-refractivity contribution in [1.29, 1.82) is 0 Å². The first kappa shape index (κ1) is 14.8. The maximum Gasteiger partial charge on any atom is 0.0231 e. The minimum absolute atomic E-state index is 0.442. The lowest BCUT2D eigenvalue weighted by atomic mass is 9.84. The molecule has 0 aromatic rings. The molecule has 0 aliphatic carbocycles. The van der Waals surface area contributed by atoms with Gasteiger partial charge in [0.1, 0.15) is 0 Å². The molecule has 16 heavy (non-hydrogen) atoms. The number of hydrogen-bond acceptors (Lipinski definition) is 2. The Morgan fingerprint density at radius 2 is 1.94 bits per heavy atom. The SMILES string of the molecule is CCC(CC)(CBr)CN1CCSC(C)(C)C1. The van der Waals surface area contributed by atoms with Gasteiger partial charge in [-0.2, -0.15) is 11.8 Å². The minimum atomic E-state index is 0.442. The Morgan fingerprint density at radius 3 is 2.38 bits per heavy atom. The lowest BCUT2D eigenvalue weighted by Gasteiger charge is -2.42. The number of alkyl halides is 1. The van der Waals surface area contributed by atoms with E-state index in [-0.39, 0.29) is 0 Å². The van der Waals surface area contributed by atoms with Crippen molar-refractivity contribution in [3.8, 4) is 0 Å².